The minimum atomic E-state index is -0.371. The van der Waals surface area contributed by atoms with E-state index in [9.17, 15) is 14.4 Å². The van der Waals surface area contributed by atoms with Gasteiger partial charge in [-0.2, -0.15) is 0 Å². The first-order chi connectivity index (χ1) is 12.0. The van der Waals surface area contributed by atoms with E-state index in [1.807, 2.05) is 11.8 Å². The third kappa shape index (κ3) is 5.31. The molecule has 0 atom stereocenters. The highest BCUT2D eigenvalue weighted by molar-refractivity contribution is 5.94. The zero-order chi connectivity index (χ0) is 18.2. The third-order valence-electron chi connectivity index (χ3n) is 4.35. The van der Waals surface area contributed by atoms with Crippen molar-refractivity contribution >= 4 is 23.5 Å². The number of piperidine rings is 1. The molecular formula is C19H26N2O4. The van der Waals surface area contributed by atoms with Crippen molar-refractivity contribution < 1.29 is 19.1 Å². The summed E-state index contributed by atoms with van der Waals surface area (Å²) in [5, 5.41) is 2.88. The van der Waals surface area contributed by atoms with Crippen molar-refractivity contribution in [3.63, 3.8) is 0 Å². The van der Waals surface area contributed by atoms with Gasteiger partial charge in [-0.1, -0.05) is 6.92 Å². The van der Waals surface area contributed by atoms with Crippen LogP contribution in [0.3, 0.4) is 0 Å². The van der Waals surface area contributed by atoms with Crippen LogP contribution in [0.2, 0.25) is 0 Å². The molecule has 6 nitrogen and oxygen atoms in total. The predicted molar refractivity (Wildman–Crippen MR) is 95.2 cm³/mol. The van der Waals surface area contributed by atoms with Crippen molar-refractivity contribution in [1.82, 2.24) is 4.90 Å². The van der Waals surface area contributed by atoms with Crippen LogP contribution in [0.15, 0.2) is 24.3 Å². The van der Waals surface area contributed by atoms with Crippen LogP contribution in [0.4, 0.5) is 5.69 Å². The topological polar surface area (TPSA) is 75.7 Å². The smallest absolute Gasteiger partial charge is 0.338 e. The molecule has 0 radical (unpaired) electrons. The van der Waals surface area contributed by atoms with Gasteiger partial charge in [0.15, 0.2) is 0 Å². The Hall–Kier alpha value is -2.37. The Labute approximate surface area is 148 Å². The molecule has 1 fully saturated rings. The van der Waals surface area contributed by atoms with Crippen LogP contribution in [-0.2, 0) is 14.3 Å². The number of nitrogens with zero attached hydrogens (tertiary/aromatic N) is 1. The molecule has 1 saturated heterocycles. The standard InChI is InChI=1S/C19H26N2O4/c1-3-5-17(22)21-12-10-14(11-13-21)18(23)20-16-8-6-15(7-9-16)19(24)25-4-2/h6-9,14H,3-5,10-13H2,1-2H3,(H,20,23). The van der Waals surface area contributed by atoms with Crippen molar-refractivity contribution in [2.45, 2.75) is 39.5 Å². The summed E-state index contributed by atoms with van der Waals surface area (Å²) in [7, 11) is 0. The maximum absolute atomic E-state index is 12.4. The average molecular weight is 346 g/mol. The summed E-state index contributed by atoms with van der Waals surface area (Å²) in [6, 6.07) is 6.67. The summed E-state index contributed by atoms with van der Waals surface area (Å²) in [6.07, 6.45) is 2.79. The Morgan fingerprint density at radius 2 is 1.76 bits per heavy atom. The lowest BCUT2D eigenvalue weighted by Gasteiger charge is -2.31. The molecule has 0 saturated carbocycles. The molecule has 0 unspecified atom stereocenters. The fourth-order valence-corrected chi connectivity index (χ4v) is 2.91. The summed E-state index contributed by atoms with van der Waals surface area (Å²) in [6.45, 7) is 5.35. The number of amides is 2. The molecule has 1 aromatic rings. The van der Waals surface area contributed by atoms with Gasteiger partial charge >= 0.3 is 5.97 Å². The lowest BCUT2D eigenvalue weighted by Crippen LogP contribution is -2.41. The summed E-state index contributed by atoms with van der Waals surface area (Å²) < 4.78 is 4.93. The van der Waals surface area contributed by atoms with E-state index in [0.717, 1.165) is 6.42 Å². The van der Waals surface area contributed by atoms with Gasteiger partial charge in [0.2, 0.25) is 11.8 Å². The van der Waals surface area contributed by atoms with Crippen LogP contribution >= 0.6 is 0 Å². The molecule has 1 aliphatic heterocycles. The first-order valence-corrected chi connectivity index (χ1v) is 8.91. The second kappa shape index (κ2) is 9.20. The van der Waals surface area contributed by atoms with Gasteiger partial charge in [-0.25, -0.2) is 4.79 Å². The van der Waals surface area contributed by atoms with Crippen LogP contribution in [0.25, 0.3) is 0 Å². The van der Waals surface area contributed by atoms with Gasteiger partial charge in [0.1, 0.15) is 0 Å². The molecule has 1 N–H and O–H groups in total. The first kappa shape index (κ1) is 19.0. The van der Waals surface area contributed by atoms with Crippen molar-refractivity contribution in [3.8, 4) is 0 Å². The highest BCUT2D eigenvalue weighted by Gasteiger charge is 2.27. The summed E-state index contributed by atoms with van der Waals surface area (Å²) in [4.78, 5) is 37.7. The molecule has 1 aliphatic rings. The number of esters is 1. The molecule has 0 aliphatic carbocycles. The predicted octanol–water partition coefficient (Wildman–Crippen LogP) is 2.84. The van der Waals surface area contributed by atoms with E-state index in [1.54, 1.807) is 31.2 Å². The maximum atomic E-state index is 12.4. The van der Waals surface area contributed by atoms with Crippen molar-refractivity contribution in [1.29, 1.82) is 0 Å². The van der Waals surface area contributed by atoms with Gasteiger partial charge < -0.3 is 15.0 Å². The van der Waals surface area contributed by atoms with E-state index in [1.165, 1.54) is 0 Å². The molecule has 1 aromatic carbocycles. The van der Waals surface area contributed by atoms with E-state index in [4.69, 9.17) is 4.74 Å². The molecule has 25 heavy (non-hydrogen) atoms. The van der Waals surface area contributed by atoms with Gasteiger partial charge in [0.25, 0.3) is 0 Å². The van der Waals surface area contributed by atoms with Crippen molar-refractivity contribution in [2.75, 3.05) is 25.0 Å². The number of nitrogens with one attached hydrogen (secondary N) is 1. The number of rotatable bonds is 6. The molecule has 2 amide bonds. The number of ether oxygens (including phenoxy) is 1. The molecule has 0 spiro atoms. The number of carbonyl (C=O) groups excluding carboxylic acids is 3. The average Bonchev–Trinajstić information content (AvgIpc) is 2.63. The minimum Gasteiger partial charge on any atom is -0.462 e. The second-order valence-electron chi connectivity index (χ2n) is 6.19. The largest absolute Gasteiger partial charge is 0.462 e. The summed E-state index contributed by atoms with van der Waals surface area (Å²) in [5.74, 6) is -0.317. The Morgan fingerprint density at radius 1 is 1.12 bits per heavy atom. The quantitative estimate of drug-likeness (QED) is 0.804. The van der Waals surface area contributed by atoms with E-state index >= 15 is 0 Å². The Balaban J connectivity index is 1.84. The molecule has 2 rings (SSSR count). The number of likely N-dealkylation sites (tertiary alicyclic amines) is 1. The van der Waals surface area contributed by atoms with Crippen molar-refractivity contribution in [3.05, 3.63) is 29.8 Å². The van der Waals surface area contributed by atoms with Gasteiger partial charge in [-0.05, 0) is 50.5 Å². The van der Waals surface area contributed by atoms with Gasteiger partial charge in [0, 0.05) is 31.1 Å². The number of hydrogen-bond donors (Lipinski definition) is 1. The van der Waals surface area contributed by atoms with E-state index in [0.29, 0.717) is 50.2 Å². The normalized spacial score (nSPS) is 14.9. The molecule has 1 heterocycles. The lowest BCUT2D eigenvalue weighted by molar-refractivity contribution is -0.134. The highest BCUT2D eigenvalue weighted by atomic mass is 16.5. The number of anilines is 1. The zero-order valence-corrected chi connectivity index (χ0v) is 14.9. The molecule has 0 bridgehead atoms. The number of benzene rings is 1. The van der Waals surface area contributed by atoms with Crippen LogP contribution in [0.5, 0.6) is 0 Å². The van der Waals surface area contributed by atoms with E-state index < -0.39 is 0 Å². The van der Waals surface area contributed by atoms with Crippen LogP contribution in [0, 0.1) is 5.92 Å². The lowest BCUT2D eigenvalue weighted by atomic mass is 9.95. The van der Waals surface area contributed by atoms with E-state index in [-0.39, 0.29) is 23.7 Å². The van der Waals surface area contributed by atoms with Gasteiger partial charge in [-0.3, -0.25) is 9.59 Å². The summed E-state index contributed by atoms with van der Waals surface area (Å²) in [5.41, 5.74) is 1.12. The molecule has 6 heteroatoms. The maximum Gasteiger partial charge on any atom is 0.338 e. The van der Waals surface area contributed by atoms with Gasteiger partial charge in [-0.15, -0.1) is 0 Å². The fraction of sp³-hybridized carbons (Fsp3) is 0.526. The zero-order valence-electron chi connectivity index (χ0n) is 14.9. The van der Waals surface area contributed by atoms with Gasteiger partial charge in [0.05, 0.1) is 12.2 Å². The Kier molecular flexibility index (Phi) is 6.98. The van der Waals surface area contributed by atoms with E-state index in [2.05, 4.69) is 5.32 Å². The molecular weight excluding hydrogens is 320 g/mol. The second-order valence-corrected chi connectivity index (χ2v) is 6.19. The third-order valence-corrected chi connectivity index (χ3v) is 4.35. The minimum absolute atomic E-state index is 0.0357. The molecule has 0 aromatic heterocycles. The number of hydrogen-bond acceptors (Lipinski definition) is 4. The molecule has 136 valence electrons. The van der Waals surface area contributed by atoms with Crippen LogP contribution in [0.1, 0.15) is 49.9 Å². The highest BCUT2D eigenvalue weighted by Crippen LogP contribution is 2.20. The Morgan fingerprint density at radius 3 is 2.32 bits per heavy atom. The van der Waals surface area contributed by atoms with Crippen LogP contribution in [-0.4, -0.2) is 42.4 Å². The Bertz CT molecular complexity index is 604. The fourth-order valence-electron chi connectivity index (χ4n) is 2.91. The van der Waals surface area contributed by atoms with Crippen LogP contribution < -0.4 is 5.32 Å². The van der Waals surface area contributed by atoms with Crippen molar-refractivity contribution in [2.24, 2.45) is 5.92 Å². The number of carbonyl (C=O) groups is 3. The first-order valence-electron chi connectivity index (χ1n) is 8.91. The summed E-state index contributed by atoms with van der Waals surface area (Å²) >= 11 is 0. The SMILES string of the molecule is CCCC(=O)N1CCC(C(=O)Nc2ccc(C(=O)OCC)cc2)CC1. The monoisotopic (exact) mass is 346 g/mol.